The second-order valence-corrected chi connectivity index (χ2v) is 4.09. The fourth-order valence-corrected chi connectivity index (χ4v) is 1.79. The van der Waals surface area contributed by atoms with Crippen molar-refractivity contribution in [3.8, 4) is 18.2 Å². The summed E-state index contributed by atoms with van der Waals surface area (Å²) in [6.45, 7) is 0.0550. The van der Waals surface area contributed by atoms with E-state index in [1.54, 1.807) is 36.1 Å². The Labute approximate surface area is 120 Å². The van der Waals surface area contributed by atoms with Gasteiger partial charge in [-0.05, 0) is 16.7 Å². The van der Waals surface area contributed by atoms with E-state index in [4.69, 9.17) is 16.7 Å². The molecule has 7 nitrogen and oxygen atoms in total. The summed E-state index contributed by atoms with van der Waals surface area (Å²) in [7, 11) is 1.76. The first-order chi connectivity index (χ1) is 10.2. The van der Waals surface area contributed by atoms with Gasteiger partial charge < -0.3 is 4.74 Å². The number of hydrogen-bond acceptors (Lipinski definition) is 3. The third kappa shape index (κ3) is 3.21. The predicted octanol–water partition coefficient (Wildman–Crippen LogP) is 2.43. The lowest BCUT2D eigenvalue weighted by molar-refractivity contribution is 0.0997. The Kier molecular flexibility index (Phi) is 4.24. The van der Waals surface area contributed by atoms with Crippen molar-refractivity contribution in [3.63, 3.8) is 0 Å². The van der Waals surface area contributed by atoms with Crippen molar-refractivity contribution in [2.24, 2.45) is 12.2 Å². The molecule has 0 saturated carbocycles. The zero-order chi connectivity index (χ0) is 15.2. The zero-order valence-corrected chi connectivity index (χ0v) is 11.2. The highest BCUT2D eigenvalue weighted by atomic mass is 16.5. The monoisotopic (exact) mass is 281 g/mol. The SMILES string of the molecule is C#Cc1cccc(C(=O)N=[N+]=[N-])c1COc1ccn(C)n1. The third-order valence-electron chi connectivity index (χ3n) is 2.75. The first kappa shape index (κ1) is 14.2. The van der Waals surface area contributed by atoms with Crippen LogP contribution in [0.15, 0.2) is 35.6 Å². The number of rotatable bonds is 4. The van der Waals surface area contributed by atoms with E-state index in [0.29, 0.717) is 17.0 Å². The highest BCUT2D eigenvalue weighted by molar-refractivity contribution is 5.96. The number of aryl methyl sites for hydroxylation is 1. The van der Waals surface area contributed by atoms with Gasteiger partial charge in [-0.1, -0.05) is 18.1 Å². The van der Waals surface area contributed by atoms with E-state index in [0.717, 1.165) is 0 Å². The molecule has 2 rings (SSSR count). The van der Waals surface area contributed by atoms with E-state index in [9.17, 15) is 4.79 Å². The number of hydrogen-bond donors (Lipinski definition) is 0. The van der Waals surface area contributed by atoms with Gasteiger partial charge in [-0.2, -0.15) is 0 Å². The molecule has 0 unspecified atom stereocenters. The van der Waals surface area contributed by atoms with Crippen molar-refractivity contribution in [2.45, 2.75) is 6.61 Å². The molecule has 1 aromatic heterocycles. The fourth-order valence-electron chi connectivity index (χ4n) is 1.79. The van der Waals surface area contributed by atoms with Gasteiger partial charge in [0.15, 0.2) is 0 Å². The van der Waals surface area contributed by atoms with E-state index in [-0.39, 0.29) is 12.2 Å². The number of aromatic nitrogens is 2. The minimum atomic E-state index is -0.700. The van der Waals surface area contributed by atoms with Crippen LogP contribution in [0.1, 0.15) is 21.5 Å². The number of ether oxygens (including phenoxy) is 1. The zero-order valence-electron chi connectivity index (χ0n) is 11.2. The summed E-state index contributed by atoms with van der Waals surface area (Å²) in [5.41, 5.74) is 9.59. The van der Waals surface area contributed by atoms with E-state index in [1.807, 2.05) is 0 Å². The fraction of sp³-hybridized carbons (Fsp3) is 0.143. The van der Waals surface area contributed by atoms with Crippen LogP contribution in [-0.4, -0.2) is 15.7 Å². The maximum atomic E-state index is 11.8. The molecule has 0 bridgehead atoms. The minimum absolute atomic E-state index is 0.0550. The molecule has 0 aliphatic rings. The Morgan fingerprint density at radius 3 is 3.00 bits per heavy atom. The summed E-state index contributed by atoms with van der Waals surface area (Å²) >= 11 is 0. The van der Waals surface area contributed by atoms with Gasteiger partial charge in [0.05, 0.1) is 0 Å². The van der Waals surface area contributed by atoms with Gasteiger partial charge in [-0.15, -0.1) is 11.5 Å². The van der Waals surface area contributed by atoms with E-state index in [2.05, 4.69) is 21.0 Å². The van der Waals surface area contributed by atoms with Gasteiger partial charge in [0.2, 0.25) is 11.8 Å². The van der Waals surface area contributed by atoms with Gasteiger partial charge in [-0.25, -0.2) is 0 Å². The second-order valence-electron chi connectivity index (χ2n) is 4.09. The maximum Gasteiger partial charge on any atom is 0.249 e. The number of nitrogens with zero attached hydrogens (tertiary/aromatic N) is 5. The average Bonchev–Trinajstić information content (AvgIpc) is 2.90. The van der Waals surface area contributed by atoms with Crippen LogP contribution in [0.3, 0.4) is 0 Å². The molecule has 21 heavy (non-hydrogen) atoms. The molecule has 1 aromatic carbocycles. The van der Waals surface area contributed by atoms with Crippen molar-refractivity contribution < 1.29 is 9.53 Å². The molecule has 0 radical (unpaired) electrons. The number of amides is 1. The number of carbonyl (C=O) groups excluding carboxylic acids is 1. The van der Waals surface area contributed by atoms with Gasteiger partial charge >= 0.3 is 0 Å². The van der Waals surface area contributed by atoms with Crippen LogP contribution in [0.25, 0.3) is 10.4 Å². The molecule has 0 atom stereocenters. The van der Waals surface area contributed by atoms with E-state index >= 15 is 0 Å². The molecule has 104 valence electrons. The lowest BCUT2D eigenvalue weighted by Crippen LogP contribution is -2.07. The molecule has 0 spiro atoms. The van der Waals surface area contributed by atoms with Crippen molar-refractivity contribution in [2.75, 3.05) is 0 Å². The highest BCUT2D eigenvalue weighted by Gasteiger charge is 2.14. The number of carbonyl (C=O) groups is 1. The molecular weight excluding hydrogens is 270 g/mol. The molecule has 2 aromatic rings. The lowest BCUT2D eigenvalue weighted by Gasteiger charge is -2.09. The Hall–Kier alpha value is -3.23. The summed E-state index contributed by atoms with van der Waals surface area (Å²) in [6.07, 6.45) is 7.16. The van der Waals surface area contributed by atoms with Gasteiger partial charge in [-0.3, -0.25) is 9.48 Å². The normalized spacial score (nSPS) is 9.52. The van der Waals surface area contributed by atoms with Gasteiger partial charge in [0.25, 0.3) is 0 Å². The van der Waals surface area contributed by atoms with Crippen LogP contribution < -0.4 is 4.74 Å². The standard InChI is InChI=1S/C14H11N5O2/c1-3-10-5-4-6-11(14(20)16-18-15)12(10)9-21-13-7-8-19(2)17-13/h1,4-8H,9H2,2H3. The summed E-state index contributed by atoms with van der Waals surface area (Å²) < 4.78 is 7.10. The summed E-state index contributed by atoms with van der Waals surface area (Å²) in [5.74, 6) is 2.19. The van der Waals surface area contributed by atoms with Crippen LogP contribution in [0.2, 0.25) is 0 Å². The molecule has 0 saturated heterocycles. The summed E-state index contributed by atoms with van der Waals surface area (Å²) in [5, 5.41) is 7.16. The Bertz CT molecular complexity index is 766. The minimum Gasteiger partial charge on any atom is -0.472 e. The molecule has 1 heterocycles. The Morgan fingerprint density at radius 1 is 1.57 bits per heavy atom. The maximum absolute atomic E-state index is 11.8. The van der Waals surface area contributed by atoms with Crippen LogP contribution in [-0.2, 0) is 13.7 Å². The van der Waals surface area contributed by atoms with Crippen molar-refractivity contribution in [3.05, 3.63) is 57.6 Å². The van der Waals surface area contributed by atoms with E-state index < -0.39 is 5.91 Å². The summed E-state index contributed by atoms with van der Waals surface area (Å²) in [4.78, 5) is 14.3. The molecule has 0 N–H and O–H groups in total. The van der Waals surface area contributed by atoms with E-state index in [1.165, 1.54) is 6.07 Å². The molecule has 0 fully saturated rings. The molecule has 7 heteroatoms. The van der Waals surface area contributed by atoms with Crippen molar-refractivity contribution >= 4 is 5.91 Å². The van der Waals surface area contributed by atoms with Crippen molar-refractivity contribution in [1.82, 2.24) is 9.78 Å². The number of benzene rings is 1. The quantitative estimate of drug-likeness (QED) is 0.373. The van der Waals surface area contributed by atoms with Crippen LogP contribution in [0, 0.1) is 12.3 Å². The third-order valence-corrected chi connectivity index (χ3v) is 2.75. The van der Waals surface area contributed by atoms with Crippen LogP contribution >= 0.6 is 0 Å². The van der Waals surface area contributed by atoms with Crippen LogP contribution in [0.4, 0.5) is 0 Å². The first-order valence-electron chi connectivity index (χ1n) is 5.96. The van der Waals surface area contributed by atoms with Crippen molar-refractivity contribution in [1.29, 1.82) is 0 Å². The number of terminal acetylenes is 1. The first-order valence-corrected chi connectivity index (χ1v) is 5.96. The predicted molar refractivity (Wildman–Crippen MR) is 75.4 cm³/mol. The Morgan fingerprint density at radius 2 is 2.38 bits per heavy atom. The highest BCUT2D eigenvalue weighted by Crippen LogP contribution is 2.18. The largest absolute Gasteiger partial charge is 0.472 e. The Balaban J connectivity index is 2.33. The molecule has 0 aliphatic heterocycles. The van der Waals surface area contributed by atoms with Gasteiger partial charge in [0.1, 0.15) is 6.61 Å². The second kappa shape index (κ2) is 6.28. The van der Waals surface area contributed by atoms with Crippen LogP contribution in [0.5, 0.6) is 5.88 Å². The molecule has 0 aliphatic carbocycles. The molecular formula is C14H11N5O2. The van der Waals surface area contributed by atoms with Gasteiger partial charge in [0, 0.05) is 40.9 Å². The smallest absolute Gasteiger partial charge is 0.249 e. The number of azide groups is 1. The average molecular weight is 281 g/mol. The summed E-state index contributed by atoms with van der Waals surface area (Å²) in [6, 6.07) is 6.53. The topological polar surface area (TPSA) is 92.9 Å². The lowest BCUT2D eigenvalue weighted by atomic mass is 10.0. The molecule has 1 amide bonds.